The van der Waals surface area contributed by atoms with Crippen molar-refractivity contribution in [1.82, 2.24) is 10.2 Å². The molecular formula is C14H14N2O2S. The summed E-state index contributed by atoms with van der Waals surface area (Å²) in [5.74, 6) is 0.807. The maximum atomic E-state index is 11.8. The van der Waals surface area contributed by atoms with Crippen molar-refractivity contribution in [2.45, 2.75) is 36.2 Å². The molecule has 3 rings (SSSR count). The zero-order valence-corrected chi connectivity index (χ0v) is 11.2. The lowest BCUT2D eigenvalue weighted by atomic mass is 9.99. The number of carbonyl (C=O) groups is 1. The van der Waals surface area contributed by atoms with Crippen molar-refractivity contribution < 1.29 is 9.21 Å². The zero-order valence-electron chi connectivity index (χ0n) is 10.4. The molecule has 0 aliphatic heterocycles. The number of carbonyl (C=O) groups excluding carboxylic acids is 1. The van der Waals surface area contributed by atoms with Gasteiger partial charge in [-0.15, -0.1) is 10.2 Å². The molecule has 0 spiro atoms. The van der Waals surface area contributed by atoms with E-state index in [0.717, 1.165) is 24.8 Å². The van der Waals surface area contributed by atoms with Crippen LogP contribution in [0.4, 0.5) is 0 Å². The molecule has 4 nitrogen and oxygen atoms in total. The molecule has 0 radical (unpaired) electrons. The third-order valence-electron chi connectivity index (χ3n) is 3.17. The van der Waals surface area contributed by atoms with Crippen LogP contribution >= 0.6 is 11.8 Å². The summed E-state index contributed by atoms with van der Waals surface area (Å²) in [6.45, 7) is 0. The second-order valence-electron chi connectivity index (χ2n) is 4.56. The molecule has 0 saturated heterocycles. The number of thioether (sulfide) groups is 1. The Hall–Kier alpha value is -1.62. The van der Waals surface area contributed by atoms with E-state index >= 15 is 0 Å². The summed E-state index contributed by atoms with van der Waals surface area (Å²) in [5, 5.41) is 8.51. The highest BCUT2D eigenvalue weighted by Crippen LogP contribution is 2.32. The van der Waals surface area contributed by atoms with Crippen LogP contribution in [0.15, 0.2) is 40.0 Å². The molecule has 0 unspecified atom stereocenters. The van der Waals surface area contributed by atoms with Crippen LogP contribution in [-0.4, -0.2) is 21.2 Å². The van der Waals surface area contributed by atoms with Gasteiger partial charge < -0.3 is 4.42 Å². The van der Waals surface area contributed by atoms with E-state index in [1.807, 2.05) is 30.3 Å². The van der Waals surface area contributed by atoms with Crippen LogP contribution in [0.25, 0.3) is 11.5 Å². The fourth-order valence-electron chi connectivity index (χ4n) is 2.15. The van der Waals surface area contributed by atoms with E-state index in [4.69, 9.17) is 4.42 Å². The minimum atomic E-state index is -0.0159. The van der Waals surface area contributed by atoms with E-state index in [9.17, 15) is 4.79 Å². The summed E-state index contributed by atoms with van der Waals surface area (Å²) in [7, 11) is 0. The molecule has 5 heteroatoms. The monoisotopic (exact) mass is 274 g/mol. The molecule has 1 heterocycles. The van der Waals surface area contributed by atoms with Crippen molar-refractivity contribution in [3.63, 3.8) is 0 Å². The zero-order chi connectivity index (χ0) is 13.1. The highest BCUT2D eigenvalue weighted by atomic mass is 32.2. The van der Waals surface area contributed by atoms with Crippen molar-refractivity contribution in [3.05, 3.63) is 30.3 Å². The molecule has 19 heavy (non-hydrogen) atoms. The first-order chi connectivity index (χ1) is 9.33. The van der Waals surface area contributed by atoms with Gasteiger partial charge in [-0.25, -0.2) is 0 Å². The molecule has 1 atom stereocenters. The van der Waals surface area contributed by atoms with Crippen LogP contribution in [0.5, 0.6) is 0 Å². The normalized spacial score (nSPS) is 19.6. The average molecular weight is 274 g/mol. The number of benzene rings is 1. The van der Waals surface area contributed by atoms with Crippen LogP contribution in [0, 0.1) is 0 Å². The van der Waals surface area contributed by atoms with Crippen molar-refractivity contribution in [3.8, 4) is 11.5 Å². The van der Waals surface area contributed by atoms with Gasteiger partial charge in [0.05, 0.1) is 5.25 Å². The standard InChI is InChI=1S/C14H14N2O2S/c17-11-8-4-5-9-12(11)19-14-16-15-13(18-14)10-6-2-1-3-7-10/h1-3,6-7,12H,4-5,8-9H2/t12-/m0/s1. The Morgan fingerprint density at radius 3 is 2.79 bits per heavy atom. The van der Waals surface area contributed by atoms with E-state index in [-0.39, 0.29) is 5.25 Å². The number of ketones is 1. The van der Waals surface area contributed by atoms with Crippen LogP contribution in [0.1, 0.15) is 25.7 Å². The summed E-state index contributed by atoms with van der Waals surface area (Å²) in [6.07, 6.45) is 3.70. The van der Waals surface area contributed by atoms with Gasteiger partial charge in [-0.3, -0.25) is 4.79 Å². The molecule has 2 aromatic rings. The summed E-state index contributed by atoms with van der Waals surface area (Å²) in [4.78, 5) is 11.8. The lowest BCUT2D eigenvalue weighted by Gasteiger charge is -2.17. The summed E-state index contributed by atoms with van der Waals surface area (Å²) in [5.41, 5.74) is 0.900. The van der Waals surface area contributed by atoms with Gasteiger partial charge in [0.2, 0.25) is 5.89 Å². The lowest BCUT2D eigenvalue weighted by Crippen LogP contribution is -2.21. The van der Waals surface area contributed by atoms with Gasteiger partial charge in [0.1, 0.15) is 5.78 Å². The van der Waals surface area contributed by atoms with E-state index in [1.165, 1.54) is 11.8 Å². The molecule has 0 amide bonds. The first kappa shape index (κ1) is 12.4. The maximum Gasteiger partial charge on any atom is 0.277 e. The lowest BCUT2D eigenvalue weighted by molar-refractivity contribution is -0.119. The van der Waals surface area contributed by atoms with Crippen LogP contribution < -0.4 is 0 Å². The molecule has 0 N–H and O–H groups in total. The fraction of sp³-hybridized carbons (Fsp3) is 0.357. The highest BCUT2D eigenvalue weighted by Gasteiger charge is 2.25. The van der Waals surface area contributed by atoms with Gasteiger partial charge in [-0.2, -0.15) is 0 Å². The molecular weight excluding hydrogens is 260 g/mol. The topological polar surface area (TPSA) is 56.0 Å². The van der Waals surface area contributed by atoms with Gasteiger partial charge in [0.25, 0.3) is 5.22 Å². The van der Waals surface area contributed by atoms with E-state index in [2.05, 4.69) is 10.2 Å². The predicted octanol–water partition coefficient (Wildman–Crippen LogP) is 3.34. The Morgan fingerprint density at radius 2 is 2.00 bits per heavy atom. The Bertz CT molecular complexity index is 568. The first-order valence-corrected chi connectivity index (χ1v) is 7.29. The summed E-state index contributed by atoms with van der Waals surface area (Å²) >= 11 is 1.40. The number of nitrogens with zero attached hydrogens (tertiary/aromatic N) is 2. The quantitative estimate of drug-likeness (QED) is 0.859. The Labute approximate surface area is 115 Å². The van der Waals surface area contributed by atoms with Gasteiger partial charge in [0, 0.05) is 12.0 Å². The SMILES string of the molecule is O=C1CCCC[C@@H]1Sc1nnc(-c2ccccc2)o1. The second-order valence-corrected chi connectivity index (χ2v) is 5.71. The Balaban J connectivity index is 1.73. The van der Waals surface area contributed by atoms with Crippen LogP contribution in [0.3, 0.4) is 0 Å². The van der Waals surface area contributed by atoms with Gasteiger partial charge in [0.15, 0.2) is 0 Å². The molecule has 0 bridgehead atoms. The number of hydrogen-bond acceptors (Lipinski definition) is 5. The van der Waals surface area contributed by atoms with Crippen molar-refractivity contribution in [2.75, 3.05) is 0 Å². The van der Waals surface area contributed by atoms with E-state index < -0.39 is 0 Å². The van der Waals surface area contributed by atoms with Crippen molar-refractivity contribution >= 4 is 17.5 Å². The van der Waals surface area contributed by atoms with E-state index in [1.54, 1.807) is 0 Å². The third kappa shape index (κ3) is 2.87. The molecule has 1 aromatic heterocycles. The average Bonchev–Trinajstić information content (AvgIpc) is 2.91. The Kier molecular flexibility index (Phi) is 3.64. The number of Topliss-reactive ketones (excluding diaryl/α,β-unsaturated/α-hetero) is 1. The second kappa shape index (κ2) is 5.57. The number of aromatic nitrogens is 2. The number of hydrogen-bond donors (Lipinski definition) is 0. The molecule has 98 valence electrons. The van der Waals surface area contributed by atoms with Crippen molar-refractivity contribution in [1.29, 1.82) is 0 Å². The minimum Gasteiger partial charge on any atom is -0.411 e. The predicted molar refractivity (Wildman–Crippen MR) is 72.9 cm³/mol. The van der Waals surface area contributed by atoms with Gasteiger partial charge in [-0.05, 0) is 25.0 Å². The van der Waals surface area contributed by atoms with Crippen molar-refractivity contribution in [2.24, 2.45) is 0 Å². The molecule has 1 aromatic carbocycles. The largest absolute Gasteiger partial charge is 0.411 e. The molecule has 1 aliphatic rings. The summed E-state index contributed by atoms with van der Waals surface area (Å²) in [6, 6.07) is 9.64. The summed E-state index contributed by atoms with van der Waals surface area (Å²) < 4.78 is 5.61. The maximum absolute atomic E-state index is 11.8. The van der Waals surface area contributed by atoms with Crippen LogP contribution in [0.2, 0.25) is 0 Å². The van der Waals surface area contributed by atoms with Crippen LogP contribution in [-0.2, 0) is 4.79 Å². The van der Waals surface area contributed by atoms with Gasteiger partial charge in [-0.1, -0.05) is 36.4 Å². The highest BCUT2D eigenvalue weighted by molar-refractivity contribution is 8.00. The molecule has 1 fully saturated rings. The minimum absolute atomic E-state index is 0.0159. The third-order valence-corrected chi connectivity index (χ3v) is 4.32. The molecule has 1 saturated carbocycles. The van der Waals surface area contributed by atoms with Gasteiger partial charge >= 0.3 is 0 Å². The molecule has 1 aliphatic carbocycles. The number of rotatable bonds is 3. The first-order valence-electron chi connectivity index (χ1n) is 6.41. The van der Waals surface area contributed by atoms with E-state index in [0.29, 0.717) is 23.3 Å². The smallest absolute Gasteiger partial charge is 0.277 e. The fourth-order valence-corrected chi connectivity index (χ4v) is 3.14. The Morgan fingerprint density at radius 1 is 1.16 bits per heavy atom.